The van der Waals surface area contributed by atoms with Crippen molar-refractivity contribution in [2.24, 2.45) is 0 Å². The van der Waals surface area contributed by atoms with Gasteiger partial charge in [-0.15, -0.1) is 11.3 Å². The molecule has 0 aliphatic rings. The Morgan fingerprint density at radius 1 is 1.31 bits per heavy atom. The van der Waals surface area contributed by atoms with Crippen molar-refractivity contribution in [2.45, 2.75) is 20.3 Å². The molecule has 0 atom stereocenters. The first-order valence-corrected chi connectivity index (χ1v) is 6.99. The van der Waals surface area contributed by atoms with Crippen LogP contribution in [0.4, 0.5) is 0 Å². The fraction of sp³-hybridized carbons (Fsp3) is 0.300. The molecule has 0 saturated carbocycles. The summed E-state index contributed by atoms with van der Waals surface area (Å²) in [6.45, 7) is 3.92. The third kappa shape index (κ3) is 2.70. The Balaban J connectivity index is 2.28. The quantitative estimate of drug-likeness (QED) is 0.605. The van der Waals surface area contributed by atoms with Gasteiger partial charge in [0.05, 0.1) is 15.7 Å². The van der Waals surface area contributed by atoms with Gasteiger partial charge in [-0.3, -0.25) is 0 Å². The molecule has 3 nitrogen and oxygen atoms in total. The van der Waals surface area contributed by atoms with Gasteiger partial charge in [0.2, 0.25) is 0 Å². The molecule has 0 aliphatic heterocycles. The Labute approximate surface area is 116 Å². The van der Waals surface area contributed by atoms with Crippen LogP contribution in [-0.2, 0) is 6.42 Å². The number of hydrogen-bond acceptors (Lipinski definition) is 4. The van der Waals surface area contributed by atoms with Crippen molar-refractivity contribution < 1.29 is 0 Å². The Hall–Kier alpha value is -0.270. The highest BCUT2D eigenvalue weighted by Crippen LogP contribution is 2.20. The van der Waals surface area contributed by atoms with Crippen molar-refractivity contribution in [3.63, 3.8) is 0 Å². The van der Waals surface area contributed by atoms with E-state index in [0.29, 0.717) is 11.6 Å². The average Bonchev–Trinajstić information content (AvgIpc) is 2.60. The molecular weight excluding hydrogens is 357 g/mol. The molecule has 0 amide bonds. The molecule has 2 heterocycles. The van der Waals surface area contributed by atoms with Gasteiger partial charge in [0.15, 0.2) is 0 Å². The Morgan fingerprint density at radius 2 is 2.06 bits per heavy atom. The molecule has 16 heavy (non-hydrogen) atoms. The maximum Gasteiger partial charge on any atom is 0.146 e. The van der Waals surface area contributed by atoms with Crippen LogP contribution in [0, 0.1) is 17.4 Å². The minimum atomic E-state index is 0.524. The van der Waals surface area contributed by atoms with E-state index in [1.54, 1.807) is 11.3 Å². The maximum atomic E-state index is 6.01. The average molecular weight is 366 g/mol. The zero-order valence-electron chi connectivity index (χ0n) is 8.79. The van der Waals surface area contributed by atoms with E-state index >= 15 is 0 Å². The summed E-state index contributed by atoms with van der Waals surface area (Å²) >= 11 is 9.79. The number of aromatic nitrogens is 3. The highest BCUT2D eigenvalue weighted by atomic mass is 127. The highest BCUT2D eigenvalue weighted by Gasteiger charge is 2.09. The topological polar surface area (TPSA) is 38.7 Å². The molecule has 0 unspecified atom stereocenters. The predicted molar refractivity (Wildman–Crippen MR) is 74.2 cm³/mol. The molecule has 0 radical (unpaired) electrons. The number of thiazole rings is 1. The third-order valence-electron chi connectivity index (χ3n) is 2.00. The van der Waals surface area contributed by atoms with Crippen molar-refractivity contribution in [1.29, 1.82) is 0 Å². The third-order valence-corrected chi connectivity index (χ3v) is 4.85. The zero-order chi connectivity index (χ0) is 11.7. The van der Waals surface area contributed by atoms with Crippen LogP contribution in [0.15, 0.2) is 5.38 Å². The fourth-order valence-corrected chi connectivity index (χ4v) is 2.52. The smallest absolute Gasteiger partial charge is 0.146 e. The Morgan fingerprint density at radius 3 is 2.62 bits per heavy atom. The highest BCUT2D eigenvalue weighted by molar-refractivity contribution is 14.1. The van der Waals surface area contributed by atoms with Crippen molar-refractivity contribution in [1.82, 2.24) is 15.0 Å². The van der Waals surface area contributed by atoms with Gasteiger partial charge in [-0.1, -0.05) is 11.6 Å². The first kappa shape index (κ1) is 12.2. The van der Waals surface area contributed by atoms with Crippen LogP contribution in [0.3, 0.4) is 0 Å². The molecule has 6 heteroatoms. The number of rotatable bonds is 2. The van der Waals surface area contributed by atoms with E-state index in [2.05, 4.69) is 37.5 Å². The summed E-state index contributed by atoms with van der Waals surface area (Å²) in [4.78, 5) is 13.0. The number of hydrogen-bond donors (Lipinski definition) is 0. The minimum absolute atomic E-state index is 0.524. The molecular formula is C10H9ClIN3S. The lowest BCUT2D eigenvalue weighted by molar-refractivity contribution is 0.922. The second-order valence-corrected chi connectivity index (χ2v) is 5.77. The molecule has 0 fully saturated rings. The van der Waals surface area contributed by atoms with Crippen LogP contribution in [0.25, 0.3) is 0 Å². The summed E-state index contributed by atoms with van der Waals surface area (Å²) in [6, 6.07) is 0. The van der Waals surface area contributed by atoms with Gasteiger partial charge in [-0.25, -0.2) is 15.0 Å². The second-order valence-electron chi connectivity index (χ2n) is 3.39. The Bertz CT molecular complexity index is 504. The predicted octanol–water partition coefficient (Wildman–Crippen LogP) is 3.40. The lowest BCUT2D eigenvalue weighted by Gasteiger charge is -2.03. The van der Waals surface area contributed by atoms with Gasteiger partial charge < -0.3 is 0 Å². The first-order chi connectivity index (χ1) is 7.56. The van der Waals surface area contributed by atoms with E-state index in [9.17, 15) is 0 Å². The molecule has 0 aliphatic carbocycles. The van der Waals surface area contributed by atoms with Crippen LogP contribution in [0.2, 0.25) is 5.15 Å². The number of nitrogens with zero attached hydrogens (tertiary/aromatic N) is 3. The van der Waals surface area contributed by atoms with Gasteiger partial charge in [-0.2, -0.15) is 0 Å². The zero-order valence-corrected chi connectivity index (χ0v) is 12.5. The van der Waals surface area contributed by atoms with Gasteiger partial charge in [0, 0.05) is 11.1 Å². The maximum absolute atomic E-state index is 6.01. The van der Waals surface area contributed by atoms with E-state index in [4.69, 9.17) is 11.6 Å². The van der Waals surface area contributed by atoms with E-state index < -0.39 is 0 Å². The summed E-state index contributed by atoms with van der Waals surface area (Å²) in [6.07, 6.45) is 0.649. The standard InChI is InChI=1S/C10H9ClIN3S/c1-5-4-16-8(13-5)3-7-14-6(2)9(12)10(11)15-7/h4H,3H2,1-2H3. The lowest BCUT2D eigenvalue weighted by Crippen LogP contribution is -2.01. The van der Waals surface area contributed by atoms with Gasteiger partial charge in [0.1, 0.15) is 16.0 Å². The van der Waals surface area contributed by atoms with E-state index in [0.717, 1.165) is 25.8 Å². The summed E-state index contributed by atoms with van der Waals surface area (Å²) in [5.74, 6) is 0.734. The summed E-state index contributed by atoms with van der Waals surface area (Å²) in [7, 11) is 0. The lowest BCUT2D eigenvalue weighted by atomic mass is 10.4. The van der Waals surface area contributed by atoms with Crippen molar-refractivity contribution in [3.05, 3.63) is 36.3 Å². The van der Waals surface area contributed by atoms with Gasteiger partial charge >= 0.3 is 0 Å². The summed E-state index contributed by atoms with van der Waals surface area (Å²) in [5, 5.41) is 3.57. The normalized spacial score (nSPS) is 10.8. The van der Waals surface area contributed by atoms with Crippen LogP contribution < -0.4 is 0 Å². The molecule has 0 N–H and O–H groups in total. The van der Waals surface area contributed by atoms with Crippen molar-refractivity contribution in [3.8, 4) is 0 Å². The van der Waals surface area contributed by atoms with Crippen LogP contribution in [0.5, 0.6) is 0 Å². The molecule has 2 aromatic heterocycles. The van der Waals surface area contributed by atoms with Crippen molar-refractivity contribution in [2.75, 3.05) is 0 Å². The Kier molecular flexibility index (Phi) is 3.76. The van der Waals surface area contributed by atoms with Crippen LogP contribution in [-0.4, -0.2) is 15.0 Å². The molecule has 0 saturated heterocycles. The van der Waals surface area contributed by atoms with E-state index in [-0.39, 0.29) is 0 Å². The monoisotopic (exact) mass is 365 g/mol. The summed E-state index contributed by atoms with van der Waals surface area (Å²) in [5.41, 5.74) is 1.96. The minimum Gasteiger partial charge on any atom is -0.246 e. The van der Waals surface area contributed by atoms with E-state index in [1.165, 1.54) is 0 Å². The van der Waals surface area contributed by atoms with Gasteiger partial charge in [-0.05, 0) is 36.4 Å². The largest absolute Gasteiger partial charge is 0.246 e. The van der Waals surface area contributed by atoms with Gasteiger partial charge in [0.25, 0.3) is 0 Å². The van der Waals surface area contributed by atoms with Crippen LogP contribution in [0.1, 0.15) is 22.2 Å². The first-order valence-electron chi connectivity index (χ1n) is 4.66. The number of halogens is 2. The summed E-state index contributed by atoms with van der Waals surface area (Å²) < 4.78 is 0.915. The molecule has 0 aromatic carbocycles. The second kappa shape index (κ2) is 4.93. The van der Waals surface area contributed by atoms with E-state index in [1.807, 2.05) is 19.2 Å². The van der Waals surface area contributed by atoms with Crippen LogP contribution >= 0.6 is 45.5 Å². The van der Waals surface area contributed by atoms with Crippen molar-refractivity contribution >= 4 is 45.5 Å². The number of aryl methyl sites for hydroxylation is 2. The fourth-order valence-electron chi connectivity index (χ4n) is 1.28. The molecule has 2 rings (SSSR count). The molecule has 2 aromatic rings. The molecule has 84 valence electrons. The SMILES string of the molecule is Cc1csc(Cc2nc(C)c(I)c(Cl)n2)n1. The molecule has 0 bridgehead atoms. The molecule has 0 spiro atoms.